The standard InChI is InChI=1S/C19H21N5O2/c1-25-16-11-14-15(12-17(16)26-2)21-13-22-19(14)24-9-7-23(8-10-24)18-5-3-4-6-20-18/h3-6,11-13H,7-10H2,1-2H3. The molecule has 3 aromatic rings. The van der Waals surface area contributed by atoms with Gasteiger partial charge in [0.1, 0.15) is 18.0 Å². The number of hydrogen-bond acceptors (Lipinski definition) is 7. The maximum atomic E-state index is 5.45. The molecule has 0 atom stereocenters. The van der Waals surface area contributed by atoms with Crippen LogP contribution >= 0.6 is 0 Å². The number of benzene rings is 1. The molecule has 0 spiro atoms. The lowest BCUT2D eigenvalue weighted by Crippen LogP contribution is -2.47. The summed E-state index contributed by atoms with van der Waals surface area (Å²) in [6.07, 6.45) is 3.44. The molecule has 7 nitrogen and oxygen atoms in total. The number of ether oxygens (including phenoxy) is 2. The highest BCUT2D eigenvalue weighted by Gasteiger charge is 2.21. The molecule has 3 heterocycles. The molecule has 0 N–H and O–H groups in total. The van der Waals surface area contributed by atoms with Gasteiger partial charge in [0.25, 0.3) is 0 Å². The summed E-state index contributed by atoms with van der Waals surface area (Å²) in [6.45, 7) is 3.54. The van der Waals surface area contributed by atoms with E-state index in [0.29, 0.717) is 11.5 Å². The minimum Gasteiger partial charge on any atom is -0.493 e. The molecule has 0 saturated carbocycles. The fourth-order valence-corrected chi connectivity index (χ4v) is 3.31. The van der Waals surface area contributed by atoms with Crippen LogP contribution in [0.5, 0.6) is 11.5 Å². The zero-order valence-electron chi connectivity index (χ0n) is 14.9. The Balaban J connectivity index is 1.61. The second-order valence-corrected chi connectivity index (χ2v) is 6.08. The lowest BCUT2D eigenvalue weighted by molar-refractivity contribution is 0.356. The van der Waals surface area contributed by atoms with E-state index in [0.717, 1.165) is 48.7 Å². The summed E-state index contributed by atoms with van der Waals surface area (Å²) in [5, 5.41) is 0.969. The third-order valence-corrected chi connectivity index (χ3v) is 4.67. The van der Waals surface area contributed by atoms with Crippen LogP contribution in [0.2, 0.25) is 0 Å². The molecule has 1 saturated heterocycles. The van der Waals surface area contributed by atoms with E-state index in [1.165, 1.54) is 0 Å². The van der Waals surface area contributed by atoms with Gasteiger partial charge in [-0.3, -0.25) is 0 Å². The largest absolute Gasteiger partial charge is 0.493 e. The predicted molar refractivity (Wildman–Crippen MR) is 101 cm³/mol. The first-order valence-corrected chi connectivity index (χ1v) is 8.58. The molecule has 1 aliphatic heterocycles. The number of methoxy groups -OCH3 is 2. The van der Waals surface area contributed by atoms with Crippen molar-refractivity contribution in [3.8, 4) is 11.5 Å². The van der Waals surface area contributed by atoms with Crippen molar-refractivity contribution in [2.45, 2.75) is 0 Å². The van der Waals surface area contributed by atoms with Crippen LogP contribution < -0.4 is 19.3 Å². The molecule has 7 heteroatoms. The summed E-state index contributed by atoms with van der Waals surface area (Å²) < 4.78 is 10.8. The quantitative estimate of drug-likeness (QED) is 0.715. The van der Waals surface area contributed by atoms with Crippen molar-refractivity contribution in [3.63, 3.8) is 0 Å². The molecule has 1 aliphatic rings. The van der Waals surface area contributed by atoms with Crippen molar-refractivity contribution in [1.82, 2.24) is 15.0 Å². The molecule has 0 aliphatic carbocycles. The molecular weight excluding hydrogens is 330 g/mol. The van der Waals surface area contributed by atoms with Gasteiger partial charge in [-0.1, -0.05) is 6.07 Å². The van der Waals surface area contributed by atoms with Gasteiger partial charge in [0.2, 0.25) is 0 Å². The smallest absolute Gasteiger partial charge is 0.162 e. The van der Waals surface area contributed by atoms with Gasteiger partial charge in [0.05, 0.1) is 19.7 Å². The van der Waals surface area contributed by atoms with Gasteiger partial charge in [0, 0.05) is 43.8 Å². The average molecular weight is 351 g/mol. The van der Waals surface area contributed by atoms with E-state index >= 15 is 0 Å². The zero-order chi connectivity index (χ0) is 17.9. The van der Waals surface area contributed by atoms with E-state index < -0.39 is 0 Å². The number of piperazine rings is 1. The second kappa shape index (κ2) is 7.03. The topological polar surface area (TPSA) is 63.6 Å². The Morgan fingerprint density at radius 2 is 1.58 bits per heavy atom. The van der Waals surface area contributed by atoms with Gasteiger partial charge in [-0.15, -0.1) is 0 Å². The minimum absolute atomic E-state index is 0.671. The molecule has 4 rings (SSSR count). The highest BCUT2D eigenvalue weighted by molar-refractivity contribution is 5.92. The van der Waals surface area contributed by atoms with Gasteiger partial charge in [-0.25, -0.2) is 15.0 Å². The van der Waals surface area contributed by atoms with E-state index in [9.17, 15) is 0 Å². The van der Waals surface area contributed by atoms with Crippen LogP contribution in [0, 0.1) is 0 Å². The molecule has 26 heavy (non-hydrogen) atoms. The van der Waals surface area contributed by atoms with Crippen LogP contribution in [0.3, 0.4) is 0 Å². The van der Waals surface area contributed by atoms with Crippen molar-refractivity contribution >= 4 is 22.5 Å². The Labute approximate surface area is 152 Å². The first-order valence-electron chi connectivity index (χ1n) is 8.58. The number of anilines is 2. The van der Waals surface area contributed by atoms with E-state index in [4.69, 9.17) is 9.47 Å². The predicted octanol–water partition coefficient (Wildman–Crippen LogP) is 2.37. The number of hydrogen-bond donors (Lipinski definition) is 0. The first kappa shape index (κ1) is 16.4. The maximum absolute atomic E-state index is 5.45. The normalized spacial score (nSPS) is 14.5. The monoisotopic (exact) mass is 351 g/mol. The first-order chi connectivity index (χ1) is 12.8. The summed E-state index contributed by atoms with van der Waals surface area (Å²) in [5.74, 6) is 3.30. The Morgan fingerprint density at radius 1 is 0.846 bits per heavy atom. The second-order valence-electron chi connectivity index (χ2n) is 6.08. The Bertz CT molecular complexity index is 895. The molecule has 1 fully saturated rings. The van der Waals surface area contributed by atoms with Crippen molar-refractivity contribution in [3.05, 3.63) is 42.9 Å². The lowest BCUT2D eigenvalue weighted by Gasteiger charge is -2.36. The van der Waals surface area contributed by atoms with Crippen LogP contribution in [0.4, 0.5) is 11.6 Å². The van der Waals surface area contributed by atoms with E-state index in [2.05, 4.69) is 24.8 Å². The SMILES string of the molecule is COc1cc2ncnc(N3CCN(c4ccccn4)CC3)c2cc1OC. The van der Waals surface area contributed by atoms with Crippen molar-refractivity contribution in [2.24, 2.45) is 0 Å². The summed E-state index contributed by atoms with van der Waals surface area (Å²) in [4.78, 5) is 18.0. The van der Waals surface area contributed by atoms with Gasteiger partial charge in [-0.05, 0) is 18.2 Å². The Morgan fingerprint density at radius 3 is 2.27 bits per heavy atom. The Kier molecular flexibility index (Phi) is 4.43. The minimum atomic E-state index is 0.671. The molecule has 0 unspecified atom stereocenters. The fraction of sp³-hybridized carbons (Fsp3) is 0.316. The summed E-state index contributed by atoms with van der Waals surface area (Å²) in [6, 6.07) is 9.85. The van der Waals surface area contributed by atoms with Gasteiger partial charge in [-0.2, -0.15) is 0 Å². The molecule has 0 bridgehead atoms. The highest BCUT2D eigenvalue weighted by atomic mass is 16.5. The summed E-state index contributed by atoms with van der Waals surface area (Å²) in [5.41, 5.74) is 0.847. The molecule has 1 aromatic carbocycles. The number of pyridine rings is 1. The highest BCUT2D eigenvalue weighted by Crippen LogP contribution is 2.35. The molecular formula is C19H21N5O2. The van der Waals surface area contributed by atoms with E-state index in [1.807, 2.05) is 36.5 Å². The van der Waals surface area contributed by atoms with Crippen LogP contribution in [-0.4, -0.2) is 55.4 Å². The number of fused-ring (bicyclic) bond motifs is 1. The lowest BCUT2D eigenvalue weighted by atomic mass is 10.2. The maximum Gasteiger partial charge on any atom is 0.162 e. The summed E-state index contributed by atoms with van der Waals surface area (Å²) in [7, 11) is 3.27. The number of aromatic nitrogens is 3. The van der Waals surface area contributed by atoms with Gasteiger partial charge < -0.3 is 19.3 Å². The van der Waals surface area contributed by atoms with Crippen LogP contribution in [0.1, 0.15) is 0 Å². The third kappa shape index (κ3) is 2.96. The van der Waals surface area contributed by atoms with Crippen molar-refractivity contribution in [2.75, 3.05) is 50.2 Å². The van der Waals surface area contributed by atoms with Crippen LogP contribution in [-0.2, 0) is 0 Å². The molecule has 134 valence electrons. The van der Waals surface area contributed by atoms with Gasteiger partial charge >= 0.3 is 0 Å². The molecule has 2 aromatic heterocycles. The summed E-state index contributed by atoms with van der Waals surface area (Å²) >= 11 is 0. The van der Waals surface area contributed by atoms with E-state index in [1.54, 1.807) is 20.5 Å². The zero-order valence-corrected chi connectivity index (χ0v) is 14.9. The Hall–Kier alpha value is -3.09. The molecule has 0 amide bonds. The third-order valence-electron chi connectivity index (χ3n) is 4.67. The fourth-order valence-electron chi connectivity index (χ4n) is 3.31. The van der Waals surface area contributed by atoms with Gasteiger partial charge in [0.15, 0.2) is 11.5 Å². The van der Waals surface area contributed by atoms with Crippen molar-refractivity contribution in [1.29, 1.82) is 0 Å². The number of nitrogens with zero attached hydrogens (tertiary/aromatic N) is 5. The number of rotatable bonds is 4. The molecule has 0 radical (unpaired) electrons. The van der Waals surface area contributed by atoms with Crippen molar-refractivity contribution < 1.29 is 9.47 Å². The van der Waals surface area contributed by atoms with Crippen LogP contribution in [0.25, 0.3) is 10.9 Å². The van der Waals surface area contributed by atoms with Crippen LogP contribution in [0.15, 0.2) is 42.9 Å². The average Bonchev–Trinajstić information content (AvgIpc) is 2.73. The van der Waals surface area contributed by atoms with E-state index in [-0.39, 0.29) is 0 Å².